The lowest BCUT2D eigenvalue weighted by Crippen LogP contribution is -1.85. The zero-order chi connectivity index (χ0) is 13.1. The maximum absolute atomic E-state index is 9.05. The van der Waals surface area contributed by atoms with Gasteiger partial charge in [0.1, 0.15) is 0 Å². The van der Waals surface area contributed by atoms with Crippen LogP contribution in [0.2, 0.25) is 15.1 Å². The minimum absolute atomic E-state index is 0.0678. The fourth-order valence-corrected chi connectivity index (χ4v) is 3.10. The largest absolute Gasteiger partial charge is 0.392 e. The second kappa shape index (κ2) is 6.18. The lowest BCUT2D eigenvalue weighted by Gasteiger charge is -2.07. The van der Waals surface area contributed by atoms with Gasteiger partial charge in [0.15, 0.2) is 0 Å². The van der Waals surface area contributed by atoms with Crippen LogP contribution in [0.1, 0.15) is 5.56 Å². The molecule has 0 atom stereocenters. The van der Waals surface area contributed by atoms with Gasteiger partial charge in [0.05, 0.1) is 11.6 Å². The second-order valence-corrected chi connectivity index (χ2v) is 5.95. The van der Waals surface area contributed by atoms with E-state index in [2.05, 4.69) is 0 Å². The van der Waals surface area contributed by atoms with Gasteiger partial charge in [0.25, 0.3) is 0 Å². The summed E-state index contributed by atoms with van der Waals surface area (Å²) in [6.07, 6.45) is 0. The number of aliphatic hydroxyl groups excluding tert-OH is 1. The fraction of sp³-hybridized carbons (Fsp3) is 0.0769. The number of benzene rings is 2. The molecule has 5 heteroatoms. The molecule has 0 aromatic heterocycles. The van der Waals surface area contributed by atoms with Gasteiger partial charge in [-0.3, -0.25) is 0 Å². The Hall–Kier alpha value is -0.380. The lowest BCUT2D eigenvalue weighted by molar-refractivity contribution is 0.282. The van der Waals surface area contributed by atoms with Gasteiger partial charge in [-0.2, -0.15) is 0 Å². The first-order valence-electron chi connectivity index (χ1n) is 5.12. The Balaban J connectivity index is 2.28. The molecule has 2 aromatic carbocycles. The predicted octanol–water partition coefficient (Wildman–Crippen LogP) is 5.29. The zero-order valence-corrected chi connectivity index (χ0v) is 12.2. The average Bonchev–Trinajstić information content (AvgIpc) is 2.34. The van der Waals surface area contributed by atoms with Gasteiger partial charge < -0.3 is 5.11 Å². The van der Waals surface area contributed by atoms with Crippen LogP contribution in [-0.4, -0.2) is 5.11 Å². The van der Waals surface area contributed by atoms with E-state index in [1.165, 1.54) is 11.8 Å². The van der Waals surface area contributed by atoms with Crippen LogP contribution >= 0.6 is 46.6 Å². The Morgan fingerprint density at radius 1 is 0.944 bits per heavy atom. The van der Waals surface area contributed by atoms with Crippen molar-refractivity contribution >= 4 is 46.6 Å². The van der Waals surface area contributed by atoms with E-state index >= 15 is 0 Å². The Labute approximate surface area is 125 Å². The third kappa shape index (κ3) is 3.34. The molecule has 18 heavy (non-hydrogen) atoms. The van der Waals surface area contributed by atoms with Crippen LogP contribution < -0.4 is 0 Å². The summed E-state index contributed by atoms with van der Waals surface area (Å²) in [5.74, 6) is 0. The van der Waals surface area contributed by atoms with Crippen LogP contribution in [0.3, 0.4) is 0 Å². The highest BCUT2D eigenvalue weighted by Gasteiger charge is 2.06. The van der Waals surface area contributed by atoms with Crippen molar-refractivity contribution in [2.75, 3.05) is 0 Å². The Bertz CT molecular complexity index is 572. The third-order valence-corrected chi connectivity index (χ3v) is 4.39. The van der Waals surface area contributed by atoms with Gasteiger partial charge in [-0.05, 0) is 35.9 Å². The van der Waals surface area contributed by atoms with E-state index in [0.717, 1.165) is 9.79 Å². The minimum Gasteiger partial charge on any atom is -0.392 e. The van der Waals surface area contributed by atoms with E-state index in [1.54, 1.807) is 24.3 Å². The SMILES string of the molecule is OCc1ccc(Sc2cc(Cl)ccc2Cl)cc1Cl. The van der Waals surface area contributed by atoms with Crippen LogP contribution in [-0.2, 0) is 6.61 Å². The Kier molecular flexibility index (Phi) is 4.82. The van der Waals surface area contributed by atoms with Crippen molar-refractivity contribution < 1.29 is 5.11 Å². The van der Waals surface area contributed by atoms with E-state index in [1.807, 2.05) is 12.1 Å². The molecule has 0 fully saturated rings. The van der Waals surface area contributed by atoms with Crippen molar-refractivity contribution in [3.63, 3.8) is 0 Å². The number of hydrogen-bond acceptors (Lipinski definition) is 2. The number of rotatable bonds is 3. The summed E-state index contributed by atoms with van der Waals surface area (Å²) in [6, 6.07) is 10.8. The molecule has 0 bridgehead atoms. The molecule has 2 rings (SSSR count). The number of halogens is 3. The highest BCUT2D eigenvalue weighted by Crippen LogP contribution is 2.36. The summed E-state index contributed by atoms with van der Waals surface area (Å²) in [4.78, 5) is 1.82. The summed E-state index contributed by atoms with van der Waals surface area (Å²) in [7, 11) is 0. The first-order valence-corrected chi connectivity index (χ1v) is 7.07. The molecule has 0 radical (unpaired) electrons. The molecule has 94 valence electrons. The molecule has 2 aromatic rings. The zero-order valence-electron chi connectivity index (χ0n) is 9.16. The van der Waals surface area contributed by atoms with Gasteiger partial charge >= 0.3 is 0 Å². The summed E-state index contributed by atoms with van der Waals surface area (Å²) in [5, 5.41) is 10.9. The number of aliphatic hydroxyl groups is 1. The van der Waals surface area contributed by atoms with E-state index in [9.17, 15) is 0 Å². The lowest BCUT2D eigenvalue weighted by atomic mass is 10.2. The van der Waals surface area contributed by atoms with Crippen molar-refractivity contribution in [3.05, 3.63) is 57.0 Å². The molecule has 0 saturated heterocycles. The van der Waals surface area contributed by atoms with Crippen molar-refractivity contribution in [3.8, 4) is 0 Å². The van der Waals surface area contributed by atoms with Crippen LogP contribution in [0, 0.1) is 0 Å². The maximum Gasteiger partial charge on any atom is 0.0696 e. The molecule has 0 aliphatic rings. The fourth-order valence-electron chi connectivity index (χ4n) is 1.40. The Morgan fingerprint density at radius 3 is 2.39 bits per heavy atom. The van der Waals surface area contributed by atoms with Gasteiger partial charge in [-0.25, -0.2) is 0 Å². The topological polar surface area (TPSA) is 20.2 Å². The summed E-state index contributed by atoms with van der Waals surface area (Å²) in [6.45, 7) is -0.0678. The van der Waals surface area contributed by atoms with Gasteiger partial charge in [0, 0.05) is 19.8 Å². The van der Waals surface area contributed by atoms with Crippen LogP contribution in [0.4, 0.5) is 0 Å². The monoisotopic (exact) mass is 318 g/mol. The minimum atomic E-state index is -0.0678. The van der Waals surface area contributed by atoms with Gasteiger partial charge in [0.2, 0.25) is 0 Å². The average molecular weight is 320 g/mol. The highest BCUT2D eigenvalue weighted by atomic mass is 35.5. The third-order valence-electron chi connectivity index (χ3n) is 2.32. The van der Waals surface area contributed by atoms with Crippen LogP contribution in [0.15, 0.2) is 46.2 Å². The molecule has 0 aliphatic heterocycles. The summed E-state index contributed by atoms with van der Waals surface area (Å²) >= 11 is 19.5. The molecular formula is C13H9Cl3OS. The van der Waals surface area contributed by atoms with E-state index in [4.69, 9.17) is 39.9 Å². The van der Waals surface area contributed by atoms with Crippen LogP contribution in [0.5, 0.6) is 0 Å². The van der Waals surface area contributed by atoms with Gasteiger partial charge in [-0.15, -0.1) is 0 Å². The Morgan fingerprint density at radius 2 is 1.72 bits per heavy atom. The van der Waals surface area contributed by atoms with E-state index < -0.39 is 0 Å². The molecule has 0 aliphatic carbocycles. The van der Waals surface area contributed by atoms with Crippen molar-refractivity contribution in [1.82, 2.24) is 0 Å². The molecule has 0 unspecified atom stereocenters. The first kappa shape index (κ1) is 14.0. The quantitative estimate of drug-likeness (QED) is 0.829. The standard InChI is InChI=1S/C13H9Cl3OS/c14-9-2-4-11(15)13(5-9)18-10-3-1-8(7-17)12(16)6-10/h1-6,17H,7H2. The normalized spacial score (nSPS) is 10.7. The summed E-state index contributed by atoms with van der Waals surface area (Å²) in [5.41, 5.74) is 0.707. The first-order chi connectivity index (χ1) is 8.60. The van der Waals surface area contributed by atoms with Gasteiger partial charge in [-0.1, -0.05) is 52.6 Å². The van der Waals surface area contributed by atoms with E-state index in [0.29, 0.717) is 20.6 Å². The molecule has 0 saturated carbocycles. The summed E-state index contributed by atoms with van der Waals surface area (Å²) < 4.78 is 0. The molecule has 1 nitrogen and oxygen atoms in total. The predicted molar refractivity (Wildman–Crippen MR) is 78.0 cm³/mol. The highest BCUT2D eigenvalue weighted by molar-refractivity contribution is 7.99. The van der Waals surface area contributed by atoms with E-state index in [-0.39, 0.29) is 6.61 Å². The maximum atomic E-state index is 9.05. The number of hydrogen-bond donors (Lipinski definition) is 1. The molecule has 0 heterocycles. The second-order valence-electron chi connectivity index (χ2n) is 3.59. The smallest absolute Gasteiger partial charge is 0.0696 e. The molecule has 0 amide bonds. The van der Waals surface area contributed by atoms with Crippen molar-refractivity contribution in [2.45, 2.75) is 16.4 Å². The molecule has 1 N–H and O–H groups in total. The van der Waals surface area contributed by atoms with Crippen molar-refractivity contribution in [2.24, 2.45) is 0 Å². The molecular weight excluding hydrogens is 311 g/mol. The van der Waals surface area contributed by atoms with Crippen LogP contribution in [0.25, 0.3) is 0 Å². The molecule has 0 spiro atoms. The van der Waals surface area contributed by atoms with Crippen molar-refractivity contribution in [1.29, 1.82) is 0 Å².